The first-order chi connectivity index (χ1) is 17.3. The minimum atomic E-state index is -1.47. The molecule has 14 N–H and O–H groups in total. The number of unbranched alkanes of at least 4 members (excludes halogenated alkanes) is 1. The zero-order valence-electron chi connectivity index (χ0n) is 21.6. The van der Waals surface area contributed by atoms with Crippen LogP contribution in [0.1, 0.15) is 58.8 Å². The van der Waals surface area contributed by atoms with Gasteiger partial charge in [0.1, 0.15) is 18.1 Å². The second kappa shape index (κ2) is 17.9. The zero-order valence-corrected chi connectivity index (χ0v) is 21.6. The van der Waals surface area contributed by atoms with Gasteiger partial charge in [-0.25, -0.2) is 4.79 Å². The fourth-order valence-corrected chi connectivity index (χ4v) is 3.37. The molecule has 15 heteroatoms. The third-order valence-corrected chi connectivity index (χ3v) is 5.24. The molecule has 0 aliphatic rings. The maximum atomic E-state index is 13.1. The van der Waals surface area contributed by atoms with Crippen LogP contribution in [0, 0.1) is 5.92 Å². The Morgan fingerprint density at radius 2 is 1.35 bits per heavy atom. The molecular formula is C22H43N9O6. The smallest absolute Gasteiger partial charge is 0.326 e. The van der Waals surface area contributed by atoms with Crippen molar-refractivity contribution in [1.29, 1.82) is 0 Å². The molecule has 0 aromatic carbocycles. The second-order valence-electron chi connectivity index (χ2n) is 9.16. The number of carbonyl (C=O) groups excluding carboxylic acids is 4. The highest BCUT2D eigenvalue weighted by atomic mass is 16.4. The van der Waals surface area contributed by atoms with Crippen molar-refractivity contribution in [3.8, 4) is 0 Å². The SMILES string of the molecule is CC(C)CC(N)C(=O)NC(CCCN=C(N)N)C(=O)NC(CC(N)=O)C(=O)NC(CCCCN)C(=O)O. The number of hydrogen-bond acceptors (Lipinski definition) is 8. The van der Waals surface area contributed by atoms with E-state index < -0.39 is 60.2 Å². The van der Waals surface area contributed by atoms with Crippen molar-refractivity contribution < 1.29 is 29.1 Å². The summed E-state index contributed by atoms with van der Waals surface area (Å²) in [5.41, 5.74) is 27.2. The van der Waals surface area contributed by atoms with Crippen LogP contribution in [0.3, 0.4) is 0 Å². The van der Waals surface area contributed by atoms with Gasteiger partial charge < -0.3 is 49.7 Å². The number of carboxylic acid groups (broad SMARTS) is 1. The topological polar surface area (TPSA) is 284 Å². The predicted molar refractivity (Wildman–Crippen MR) is 137 cm³/mol. The van der Waals surface area contributed by atoms with Crippen LogP contribution in [0.2, 0.25) is 0 Å². The summed E-state index contributed by atoms with van der Waals surface area (Å²) in [5.74, 6) is -4.45. The fraction of sp³-hybridized carbons (Fsp3) is 0.727. The Labute approximate surface area is 216 Å². The molecule has 37 heavy (non-hydrogen) atoms. The summed E-state index contributed by atoms with van der Waals surface area (Å²) in [6.07, 6.45) is 1.28. The van der Waals surface area contributed by atoms with Gasteiger partial charge >= 0.3 is 5.97 Å². The monoisotopic (exact) mass is 529 g/mol. The van der Waals surface area contributed by atoms with Gasteiger partial charge in [0.05, 0.1) is 12.5 Å². The number of rotatable bonds is 19. The Balaban J connectivity index is 5.59. The molecule has 4 unspecified atom stereocenters. The largest absolute Gasteiger partial charge is 0.480 e. The number of aliphatic imine (C=N–C) groups is 1. The Morgan fingerprint density at radius 1 is 0.811 bits per heavy atom. The van der Waals surface area contributed by atoms with E-state index in [1.165, 1.54) is 0 Å². The maximum Gasteiger partial charge on any atom is 0.326 e. The van der Waals surface area contributed by atoms with Crippen molar-refractivity contribution >= 4 is 35.6 Å². The lowest BCUT2D eigenvalue weighted by atomic mass is 10.0. The lowest BCUT2D eigenvalue weighted by Gasteiger charge is -2.25. The highest BCUT2D eigenvalue weighted by molar-refractivity contribution is 5.96. The van der Waals surface area contributed by atoms with Crippen molar-refractivity contribution in [3.63, 3.8) is 0 Å². The third-order valence-electron chi connectivity index (χ3n) is 5.24. The van der Waals surface area contributed by atoms with Crippen molar-refractivity contribution in [1.82, 2.24) is 16.0 Å². The van der Waals surface area contributed by atoms with E-state index in [0.29, 0.717) is 32.2 Å². The van der Waals surface area contributed by atoms with Crippen LogP contribution in [0.5, 0.6) is 0 Å². The minimum absolute atomic E-state index is 0.0878. The molecule has 0 rings (SSSR count). The van der Waals surface area contributed by atoms with Gasteiger partial charge in [-0.3, -0.25) is 24.2 Å². The molecule has 4 atom stereocenters. The Bertz CT molecular complexity index is 802. The van der Waals surface area contributed by atoms with Crippen molar-refractivity contribution in [3.05, 3.63) is 0 Å². The Morgan fingerprint density at radius 3 is 1.86 bits per heavy atom. The van der Waals surface area contributed by atoms with Gasteiger partial charge in [-0.15, -0.1) is 0 Å². The summed E-state index contributed by atoms with van der Waals surface area (Å²) in [6, 6.07) is -4.73. The molecule has 0 heterocycles. The first-order valence-electron chi connectivity index (χ1n) is 12.2. The molecule has 0 fully saturated rings. The zero-order chi connectivity index (χ0) is 28.5. The number of carbonyl (C=O) groups is 5. The van der Waals surface area contributed by atoms with Crippen molar-refractivity contribution in [2.45, 2.75) is 83.0 Å². The standard InChI is InChI=1S/C22H43N9O6/c1-12(2)10-13(24)18(33)29-14(7-5-9-28-22(26)27)19(34)31-16(11-17(25)32)20(35)30-15(21(36)37)6-3-4-8-23/h12-16H,3-11,23-24H2,1-2H3,(H2,25,32)(H,29,33)(H,30,35)(H,31,34)(H,36,37)(H4,26,27,28). The van der Waals surface area contributed by atoms with Gasteiger partial charge in [0, 0.05) is 6.54 Å². The van der Waals surface area contributed by atoms with Crippen LogP contribution < -0.4 is 44.6 Å². The summed E-state index contributed by atoms with van der Waals surface area (Å²) in [5, 5.41) is 16.7. The van der Waals surface area contributed by atoms with Crippen LogP contribution in [0.25, 0.3) is 0 Å². The Hall–Kier alpha value is -3.46. The molecule has 0 saturated carbocycles. The molecular weight excluding hydrogens is 486 g/mol. The predicted octanol–water partition coefficient (Wildman–Crippen LogP) is -3.04. The average Bonchev–Trinajstić information content (AvgIpc) is 2.78. The van der Waals surface area contributed by atoms with Gasteiger partial charge in [0.25, 0.3) is 0 Å². The molecule has 0 spiro atoms. The van der Waals surface area contributed by atoms with Crippen LogP contribution in [-0.4, -0.2) is 77.9 Å². The molecule has 0 aliphatic carbocycles. The number of nitrogens with zero attached hydrogens (tertiary/aromatic N) is 1. The van der Waals surface area contributed by atoms with Gasteiger partial charge in [0.2, 0.25) is 23.6 Å². The first-order valence-corrected chi connectivity index (χ1v) is 12.2. The number of carboxylic acids is 1. The number of nitrogens with two attached hydrogens (primary N) is 5. The second-order valence-corrected chi connectivity index (χ2v) is 9.16. The summed E-state index contributed by atoms with van der Waals surface area (Å²) >= 11 is 0. The number of hydrogen-bond donors (Lipinski definition) is 9. The van der Waals surface area contributed by atoms with E-state index >= 15 is 0 Å². The van der Waals surface area contributed by atoms with E-state index in [1.54, 1.807) is 0 Å². The van der Waals surface area contributed by atoms with Gasteiger partial charge in [-0.2, -0.15) is 0 Å². The van der Waals surface area contributed by atoms with E-state index in [2.05, 4.69) is 20.9 Å². The molecule has 0 aliphatic heterocycles. The number of aliphatic carboxylic acids is 1. The highest BCUT2D eigenvalue weighted by Gasteiger charge is 2.31. The first kappa shape index (κ1) is 33.5. The van der Waals surface area contributed by atoms with Crippen molar-refractivity contribution in [2.75, 3.05) is 13.1 Å². The van der Waals surface area contributed by atoms with Crippen LogP contribution in [0.15, 0.2) is 4.99 Å². The lowest BCUT2D eigenvalue weighted by Crippen LogP contribution is -2.57. The summed E-state index contributed by atoms with van der Waals surface area (Å²) < 4.78 is 0. The molecule has 0 aromatic heterocycles. The minimum Gasteiger partial charge on any atom is -0.480 e. The van der Waals surface area contributed by atoms with E-state index in [1.807, 2.05) is 13.8 Å². The molecule has 4 amide bonds. The van der Waals surface area contributed by atoms with E-state index in [-0.39, 0.29) is 31.3 Å². The third kappa shape index (κ3) is 15.3. The van der Waals surface area contributed by atoms with Crippen LogP contribution in [0.4, 0.5) is 0 Å². The molecule has 15 nitrogen and oxygen atoms in total. The number of amides is 4. The van der Waals surface area contributed by atoms with Crippen LogP contribution in [-0.2, 0) is 24.0 Å². The lowest BCUT2D eigenvalue weighted by molar-refractivity contribution is -0.142. The number of primary amides is 1. The summed E-state index contributed by atoms with van der Waals surface area (Å²) in [6.45, 7) is 4.31. The Kier molecular flexibility index (Phi) is 16.2. The van der Waals surface area contributed by atoms with Crippen molar-refractivity contribution in [2.24, 2.45) is 39.6 Å². The summed E-state index contributed by atoms with van der Waals surface area (Å²) in [4.78, 5) is 65.4. The average molecular weight is 530 g/mol. The highest BCUT2D eigenvalue weighted by Crippen LogP contribution is 2.07. The quantitative estimate of drug-likeness (QED) is 0.0463. The van der Waals surface area contributed by atoms with E-state index in [0.717, 1.165) is 0 Å². The number of nitrogens with one attached hydrogen (secondary N) is 3. The summed E-state index contributed by atoms with van der Waals surface area (Å²) in [7, 11) is 0. The normalized spacial score (nSPS) is 14.1. The molecule has 0 saturated heterocycles. The van der Waals surface area contributed by atoms with Gasteiger partial charge in [0.15, 0.2) is 5.96 Å². The molecule has 0 radical (unpaired) electrons. The molecule has 0 bridgehead atoms. The molecule has 212 valence electrons. The van der Waals surface area contributed by atoms with Gasteiger partial charge in [-0.05, 0) is 51.0 Å². The number of guanidine groups is 1. The van der Waals surface area contributed by atoms with E-state index in [9.17, 15) is 29.1 Å². The van der Waals surface area contributed by atoms with E-state index in [4.69, 9.17) is 28.7 Å². The van der Waals surface area contributed by atoms with Crippen LogP contribution >= 0.6 is 0 Å². The fourth-order valence-electron chi connectivity index (χ4n) is 3.37. The van der Waals surface area contributed by atoms with Gasteiger partial charge in [-0.1, -0.05) is 13.8 Å². The molecule has 0 aromatic rings. The maximum absolute atomic E-state index is 13.1.